The molecule has 1 saturated heterocycles. The monoisotopic (exact) mass is 218 g/mol. The van der Waals surface area contributed by atoms with Crippen LogP contribution in [0.5, 0.6) is 0 Å². The lowest BCUT2D eigenvalue weighted by molar-refractivity contribution is -0.127. The Morgan fingerprint density at radius 1 is 1.80 bits per heavy atom. The van der Waals surface area contributed by atoms with Crippen molar-refractivity contribution < 1.29 is 19.4 Å². The second-order valence-corrected chi connectivity index (χ2v) is 3.78. The van der Waals surface area contributed by atoms with Crippen molar-refractivity contribution in [2.24, 2.45) is 5.73 Å². The van der Waals surface area contributed by atoms with Crippen LogP contribution in [0.1, 0.15) is 6.42 Å². The molecule has 1 aliphatic rings. The molecule has 1 rings (SSSR count). The van der Waals surface area contributed by atoms with Crippen LogP contribution in [-0.4, -0.2) is 56.1 Å². The topological polar surface area (TPSA) is 93.8 Å². The fourth-order valence-electron chi connectivity index (χ4n) is 1.40. The molecule has 2 atom stereocenters. The number of carbonyl (C=O) groups excluding carboxylic acids is 1. The molecule has 0 aromatic heterocycles. The van der Waals surface area contributed by atoms with Crippen molar-refractivity contribution in [1.82, 2.24) is 5.32 Å². The molecule has 1 amide bonds. The van der Waals surface area contributed by atoms with Gasteiger partial charge in [0.1, 0.15) is 5.54 Å². The Morgan fingerprint density at radius 3 is 3.07 bits per heavy atom. The van der Waals surface area contributed by atoms with Crippen LogP contribution >= 0.6 is 0 Å². The van der Waals surface area contributed by atoms with E-state index in [0.29, 0.717) is 13.0 Å². The van der Waals surface area contributed by atoms with Gasteiger partial charge in [0.2, 0.25) is 5.91 Å². The van der Waals surface area contributed by atoms with Gasteiger partial charge in [-0.05, 0) is 6.42 Å². The lowest BCUT2D eigenvalue weighted by Crippen LogP contribution is -2.55. The van der Waals surface area contributed by atoms with Crippen molar-refractivity contribution in [2.75, 3.05) is 33.5 Å². The lowest BCUT2D eigenvalue weighted by Gasteiger charge is -2.21. The average molecular weight is 218 g/mol. The molecule has 15 heavy (non-hydrogen) atoms. The van der Waals surface area contributed by atoms with Gasteiger partial charge in [-0.1, -0.05) is 0 Å². The number of nitrogens with one attached hydrogen (secondary N) is 1. The van der Waals surface area contributed by atoms with Gasteiger partial charge in [0.15, 0.2) is 0 Å². The molecular formula is C9H18N2O4. The van der Waals surface area contributed by atoms with E-state index in [9.17, 15) is 9.90 Å². The number of ether oxygens (including phenoxy) is 2. The van der Waals surface area contributed by atoms with Gasteiger partial charge < -0.3 is 25.6 Å². The summed E-state index contributed by atoms with van der Waals surface area (Å²) in [6.07, 6.45) is -0.191. The molecular weight excluding hydrogens is 200 g/mol. The number of carbonyl (C=O) groups is 1. The van der Waals surface area contributed by atoms with Gasteiger partial charge >= 0.3 is 0 Å². The van der Waals surface area contributed by atoms with Gasteiger partial charge in [-0.15, -0.1) is 0 Å². The van der Waals surface area contributed by atoms with E-state index in [1.165, 1.54) is 7.11 Å². The highest BCUT2D eigenvalue weighted by molar-refractivity contribution is 5.86. The lowest BCUT2D eigenvalue weighted by atomic mass is 9.99. The minimum Gasteiger partial charge on any atom is -0.389 e. The Balaban J connectivity index is 2.29. The molecule has 0 spiro atoms. The van der Waals surface area contributed by atoms with Crippen molar-refractivity contribution in [3.05, 3.63) is 0 Å². The average Bonchev–Trinajstić information content (AvgIpc) is 2.63. The molecule has 6 heteroatoms. The highest BCUT2D eigenvalue weighted by Gasteiger charge is 2.38. The Kier molecular flexibility index (Phi) is 4.46. The fraction of sp³-hybridized carbons (Fsp3) is 0.889. The molecule has 0 aliphatic carbocycles. The first-order valence-corrected chi connectivity index (χ1v) is 4.90. The summed E-state index contributed by atoms with van der Waals surface area (Å²) in [5.74, 6) is -0.282. The molecule has 0 aromatic carbocycles. The summed E-state index contributed by atoms with van der Waals surface area (Å²) in [6.45, 7) is 1.07. The second-order valence-electron chi connectivity index (χ2n) is 3.78. The molecule has 88 valence electrons. The van der Waals surface area contributed by atoms with E-state index in [4.69, 9.17) is 15.2 Å². The largest absolute Gasteiger partial charge is 0.389 e. The van der Waals surface area contributed by atoms with Crippen LogP contribution < -0.4 is 11.1 Å². The zero-order valence-corrected chi connectivity index (χ0v) is 8.86. The number of rotatable bonds is 5. The molecule has 4 N–H and O–H groups in total. The van der Waals surface area contributed by atoms with E-state index in [2.05, 4.69) is 5.32 Å². The Bertz CT molecular complexity index is 216. The quantitative estimate of drug-likeness (QED) is 0.507. The third-order valence-electron chi connectivity index (χ3n) is 2.36. The molecule has 6 nitrogen and oxygen atoms in total. The summed E-state index contributed by atoms with van der Waals surface area (Å²) in [4.78, 5) is 11.6. The molecule has 0 radical (unpaired) electrons. The molecule has 0 aromatic rings. The maximum Gasteiger partial charge on any atom is 0.242 e. The highest BCUT2D eigenvalue weighted by atomic mass is 16.5. The highest BCUT2D eigenvalue weighted by Crippen LogP contribution is 2.15. The van der Waals surface area contributed by atoms with Crippen LogP contribution in [0.2, 0.25) is 0 Å². The maximum atomic E-state index is 11.6. The Labute approximate surface area is 88.7 Å². The number of hydrogen-bond acceptors (Lipinski definition) is 5. The minimum absolute atomic E-state index is 0.144. The summed E-state index contributed by atoms with van der Waals surface area (Å²) in [5.41, 5.74) is 4.88. The first-order valence-electron chi connectivity index (χ1n) is 4.90. The zero-order valence-electron chi connectivity index (χ0n) is 8.86. The summed E-state index contributed by atoms with van der Waals surface area (Å²) in [5, 5.41) is 11.9. The smallest absolute Gasteiger partial charge is 0.242 e. The van der Waals surface area contributed by atoms with E-state index in [1.807, 2.05) is 0 Å². The maximum absolute atomic E-state index is 11.6. The number of aliphatic hydroxyl groups excluding tert-OH is 1. The van der Waals surface area contributed by atoms with Crippen LogP contribution in [-0.2, 0) is 14.3 Å². The van der Waals surface area contributed by atoms with E-state index in [0.717, 1.165) is 0 Å². The molecule has 1 heterocycles. The summed E-state index contributed by atoms with van der Waals surface area (Å²) in [7, 11) is 1.49. The van der Waals surface area contributed by atoms with E-state index in [1.54, 1.807) is 0 Å². The van der Waals surface area contributed by atoms with Crippen LogP contribution in [0, 0.1) is 0 Å². The zero-order chi connectivity index (χ0) is 11.3. The molecule has 1 fully saturated rings. The third-order valence-corrected chi connectivity index (χ3v) is 2.36. The number of aliphatic hydroxyl groups is 1. The van der Waals surface area contributed by atoms with Crippen LogP contribution in [0.4, 0.5) is 0 Å². The van der Waals surface area contributed by atoms with Gasteiger partial charge in [0.25, 0.3) is 0 Å². The van der Waals surface area contributed by atoms with E-state index >= 15 is 0 Å². The van der Waals surface area contributed by atoms with Crippen molar-refractivity contribution in [3.63, 3.8) is 0 Å². The van der Waals surface area contributed by atoms with Crippen LogP contribution in [0.3, 0.4) is 0 Å². The minimum atomic E-state index is -0.938. The predicted molar refractivity (Wildman–Crippen MR) is 53.2 cm³/mol. The van der Waals surface area contributed by atoms with E-state index < -0.39 is 11.6 Å². The van der Waals surface area contributed by atoms with Gasteiger partial charge in [-0.3, -0.25) is 4.79 Å². The Morgan fingerprint density at radius 2 is 2.53 bits per heavy atom. The summed E-state index contributed by atoms with van der Waals surface area (Å²) >= 11 is 0. The van der Waals surface area contributed by atoms with Gasteiger partial charge in [0.05, 0.1) is 19.3 Å². The standard InChI is InChI=1S/C9H18N2O4/c1-14-5-7(12)4-11-8(13)9(10)2-3-15-6-9/h7,12H,2-6,10H2,1H3,(H,11,13). The first kappa shape index (κ1) is 12.4. The SMILES string of the molecule is COCC(O)CNC(=O)C1(N)CCOC1. The van der Waals surface area contributed by atoms with Crippen molar-refractivity contribution in [2.45, 2.75) is 18.1 Å². The number of amides is 1. The number of hydrogen-bond donors (Lipinski definition) is 3. The van der Waals surface area contributed by atoms with Gasteiger partial charge in [-0.25, -0.2) is 0 Å². The second kappa shape index (κ2) is 5.41. The van der Waals surface area contributed by atoms with Crippen molar-refractivity contribution in [3.8, 4) is 0 Å². The fourth-order valence-corrected chi connectivity index (χ4v) is 1.40. The normalized spacial score (nSPS) is 27.7. The summed E-state index contributed by atoms with van der Waals surface area (Å²) in [6, 6.07) is 0. The van der Waals surface area contributed by atoms with Crippen LogP contribution in [0.15, 0.2) is 0 Å². The number of methoxy groups -OCH3 is 1. The molecule has 0 saturated carbocycles. The predicted octanol–water partition coefficient (Wildman–Crippen LogP) is -1.77. The van der Waals surface area contributed by atoms with Gasteiger partial charge in [0, 0.05) is 20.3 Å². The first-order chi connectivity index (χ1) is 7.08. The van der Waals surface area contributed by atoms with E-state index in [-0.39, 0.29) is 25.7 Å². The third kappa shape index (κ3) is 3.42. The molecule has 0 bridgehead atoms. The van der Waals surface area contributed by atoms with Crippen molar-refractivity contribution in [1.29, 1.82) is 0 Å². The number of nitrogens with two attached hydrogens (primary N) is 1. The van der Waals surface area contributed by atoms with Crippen LogP contribution in [0.25, 0.3) is 0 Å². The van der Waals surface area contributed by atoms with Crippen molar-refractivity contribution >= 4 is 5.91 Å². The molecule has 1 aliphatic heterocycles. The molecule has 2 unspecified atom stereocenters. The van der Waals surface area contributed by atoms with Gasteiger partial charge in [-0.2, -0.15) is 0 Å². The summed E-state index contributed by atoms with van der Waals surface area (Å²) < 4.78 is 9.79. The Hall–Kier alpha value is -0.690.